The van der Waals surface area contributed by atoms with Crippen LogP contribution in [-0.2, 0) is 20.7 Å². The van der Waals surface area contributed by atoms with Crippen LogP contribution in [0.2, 0.25) is 5.02 Å². The number of ketones is 1. The van der Waals surface area contributed by atoms with Gasteiger partial charge >= 0.3 is 5.97 Å². The van der Waals surface area contributed by atoms with Gasteiger partial charge in [0.15, 0.2) is 0 Å². The molecule has 0 bridgehead atoms. The fourth-order valence-electron chi connectivity index (χ4n) is 4.00. The van der Waals surface area contributed by atoms with Gasteiger partial charge < -0.3 is 4.74 Å². The molecule has 1 aliphatic heterocycles. The average Bonchev–Trinajstić information content (AvgIpc) is 3.16. The maximum Gasteiger partial charge on any atom is 0.313 e. The number of carbonyl (C=O) groups excluding carboxylic acids is 2. The lowest BCUT2D eigenvalue weighted by Gasteiger charge is -2.37. The summed E-state index contributed by atoms with van der Waals surface area (Å²) in [5.74, 6) is -0.139. The number of cyclic esters (lactones) is 1. The van der Waals surface area contributed by atoms with Crippen LogP contribution in [-0.4, -0.2) is 22.3 Å². The van der Waals surface area contributed by atoms with Gasteiger partial charge in [-0.05, 0) is 50.7 Å². The zero-order chi connectivity index (χ0) is 20.7. The highest BCUT2D eigenvalue weighted by Gasteiger charge is 2.44. The summed E-state index contributed by atoms with van der Waals surface area (Å²) >= 11 is 6.03. The molecule has 0 amide bonds. The minimum Gasteiger partial charge on any atom is -0.458 e. The fourth-order valence-corrected chi connectivity index (χ4v) is 4.36. The lowest BCUT2D eigenvalue weighted by molar-refractivity contribution is -0.174. The van der Waals surface area contributed by atoms with Crippen LogP contribution in [0.5, 0.6) is 0 Å². The molecule has 1 saturated heterocycles. The molecule has 0 radical (unpaired) electrons. The number of aryl methyl sites for hydroxylation is 1. The zero-order valence-corrected chi connectivity index (χ0v) is 17.7. The quantitative estimate of drug-likeness (QED) is 0.511. The van der Waals surface area contributed by atoms with Crippen LogP contribution in [0.25, 0.3) is 0 Å². The third-order valence-corrected chi connectivity index (χ3v) is 5.83. The van der Waals surface area contributed by atoms with E-state index in [2.05, 4.69) is 18.0 Å². The van der Waals surface area contributed by atoms with Crippen molar-refractivity contribution in [2.45, 2.75) is 83.7 Å². The predicted molar refractivity (Wildman–Crippen MR) is 108 cm³/mol. The molecule has 1 aliphatic carbocycles. The number of esters is 1. The number of ether oxygens (including phenoxy) is 1. The Bertz CT molecular complexity index is 735. The molecule has 0 aromatic carbocycles. The van der Waals surface area contributed by atoms with Crippen LogP contribution in [0.1, 0.15) is 82.9 Å². The summed E-state index contributed by atoms with van der Waals surface area (Å²) in [5.41, 5.74) is 1.31. The van der Waals surface area contributed by atoms with Crippen LogP contribution in [0.4, 0.5) is 0 Å². The Morgan fingerprint density at radius 1 is 1.39 bits per heavy atom. The Kier molecular flexibility index (Phi) is 8.00. The second-order valence-electron chi connectivity index (χ2n) is 7.97. The van der Waals surface area contributed by atoms with E-state index < -0.39 is 5.60 Å². The summed E-state index contributed by atoms with van der Waals surface area (Å²) in [4.78, 5) is 26.8. The lowest BCUT2D eigenvalue weighted by atomic mass is 9.81. The summed E-state index contributed by atoms with van der Waals surface area (Å²) in [5, 5.41) is 9.34. The van der Waals surface area contributed by atoms with Gasteiger partial charge in [0.05, 0.1) is 22.7 Å². The zero-order valence-electron chi connectivity index (χ0n) is 17.0. The van der Waals surface area contributed by atoms with Crippen molar-refractivity contribution in [3.05, 3.63) is 28.5 Å². The van der Waals surface area contributed by atoms with Crippen LogP contribution in [0.3, 0.4) is 0 Å². The topological polar surface area (TPSA) is 80.1 Å². The average molecular weight is 405 g/mol. The minimum absolute atomic E-state index is 0.0255. The smallest absolute Gasteiger partial charge is 0.313 e. The number of hydrogen-bond donors (Lipinski definition) is 0. The van der Waals surface area contributed by atoms with E-state index in [1.807, 2.05) is 13.0 Å². The van der Waals surface area contributed by atoms with Gasteiger partial charge in [-0.25, -0.2) is 0 Å². The number of nitriles is 1. The van der Waals surface area contributed by atoms with E-state index in [0.717, 1.165) is 31.2 Å². The number of nitrogens with zero attached hydrogens (tertiary/aromatic N) is 2. The number of Topliss-reactive ketones (excluding diaryl/α,β-unsaturated/α-hetero) is 1. The van der Waals surface area contributed by atoms with E-state index in [0.29, 0.717) is 23.1 Å². The van der Waals surface area contributed by atoms with Crippen LogP contribution in [0, 0.1) is 17.2 Å². The molecule has 28 heavy (non-hydrogen) atoms. The third kappa shape index (κ3) is 5.78. The summed E-state index contributed by atoms with van der Waals surface area (Å²) in [6.45, 7) is 5.82. The van der Waals surface area contributed by atoms with Crippen molar-refractivity contribution in [1.29, 1.82) is 5.26 Å². The first-order valence-corrected chi connectivity index (χ1v) is 10.4. The Hall–Kier alpha value is -1.93. The van der Waals surface area contributed by atoms with Crippen LogP contribution < -0.4 is 0 Å². The first kappa shape index (κ1) is 22.4. The van der Waals surface area contributed by atoms with Crippen molar-refractivity contribution < 1.29 is 14.3 Å². The molecule has 1 aromatic rings. The molecular weight excluding hydrogens is 376 g/mol. The molecule has 6 heteroatoms. The highest BCUT2D eigenvalue weighted by molar-refractivity contribution is 6.31. The molecule has 2 atom stereocenters. The number of aromatic nitrogens is 1. The number of halogens is 1. The summed E-state index contributed by atoms with van der Waals surface area (Å²) < 4.78 is 5.37. The summed E-state index contributed by atoms with van der Waals surface area (Å²) in [6, 6.07) is 4.03. The SMILES string of the molecule is CC1(C2CCCC2)CC(=O)CC(=O)O1.CCCc1cnc(C(C)C#N)c(Cl)c1. The van der Waals surface area contributed by atoms with Crippen molar-refractivity contribution in [3.8, 4) is 6.07 Å². The lowest BCUT2D eigenvalue weighted by Crippen LogP contribution is -2.45. The fraction of sp³-hybridized carbons (Fsp3) is 0.636. The molecule has 152 valence electrons. The van der Waals surface area contributed by atoms with Gasteiger partial charge in [-0.1, -0.05) is 37.8 Å². The van der Waals surface area contributed by atoms with Gasteiger partial charge in [-0.3, -0.25) is 14.6 Å². The normalized spacial score (nSPS) is 23.4. The van der Waals surface area contributed by atoms with E-state index in [9.17, 15) is 9.59 Å². The van der Waals surface area contributed by atoms with E-state index in [4.69, 9.17) is 21.6 Å². The van der Waals surface area contributed by atoms with Gasteiger partial charge in [0.2, 0.25) is 0 Å². The standard InChI is InChI=1S/C11H13ClN2.C11H16O3/c1-3-4-9-5-10(12)11(14-7-9)8(2)6-13;1-11(8-4-2-3-5-8)7-9(12)6-10(13)14-11/h5,7-8H,3-4H2,1-2H3;8H,2-7H2,1H3. The van der Waals surface area contributed by atoms with E-state index in [1.54, 1.807) is 13.1 Å². The highest BCUT2D eigenvalue weighted by atomic mass is 35.5. The van der Waals surface area contributed by atoms with E-state index >= 15 is 0 Å². The Morgan fingerprint density at radius 3 is 2.61 bits per heavy atom. The maximum absolute atomic E-state index is 11.3. The Morgan fingerprint density at radius 2 is 2.07 bits per heavy atom. The van der Waals surface area contributed by atoms with Crippen molar-refractivity contribution >= 4 is 23.4 Å². The van der Waals surface area contributed by atoms with Gasteiger partial charge in [0.25, 0.3) is 0 Å². The van der Waals surface area contributed by atoms with Crippen LogP contribution in [0.15, 0.2) is 12.3 Å². The van der Waals surface area contributed by atoms with Gasteiger partial charge in [0.1, 0.15) is 17.8 Å². The Labute approximate surface area is 172 Å². The first-order chi connectivity index (χ1) is 13.3. The number of hydrogen-bond acceptors (Lipinski definition) is 5. The molecule has 2 unspecified atom stereocenters. The highest BCUT2D eigenvalue weighted by Crippen LogP contribution is 2.40. The number of rotatable bonds is 4. The summed E-state index contributed by atoms with van der Waals surface area (Å²) in [6.07, 6.45) is 8.84. The molecular formula is C22H29ClN2O3. The third-order valence-electron chi connectivity index (χ3n) is 5.52. The molecule has 0 spiro atoms. The van der Waals surface area contributed by atoms with E-state index in [-0.39, 0.29) is 24.1 Å². The van der Waals surface area contributed by atoms with Crippen molar-refractivity contribution in [1.82, 2.24) is 4.98 Å². The predicted octanol–water partition coefficient (Wildman–Crippen LogP) is 5.16. The molecule has 2 fully saturated rings. The Balaban J connectivity index is 0.000000200. The molecule has 2 heterocycles. The molecule has 0 N–H and O–H groups in total. The molecule has 1 saturated carbocycles. The largest absolute Gasteiger partial charge is 0.458 e. The van der Waals surface area contributed by atoms with Gasteiger partial charge in [-0.15, -0.1) is 0 Å². The monoisotopic (exact) mass is 404 g/mol. The van der Waals surface area contributed by atoms with Crippen molar-refractivity contribution in [3.63, 3.8) is 0 Å². The second kappa shape index (κ2) is 10.0. The molecule has 2 aliphatic rings. The maximum atomic E-state index is 11.3. The van der Waals surface area contributed by atoms with Crippen LogP contribution >= 0.6 is 11.6 Å². The molecule has 3 rings (SSSR count). The van der Waals surface area contributed by atoms with Gasteiger partial charge in [0, 0.05) is 12.6 Å². The second-order valence-corrected chi connectivity index (χ2v) is 8.38. The first-order valence-electron chi connectivity index (χ1n) is 10.1. The summed E-state index contributed by atoms with van der Waals surface area (Å²) in [7, 11) is 0. The molecule has 5 nitrogen and oxygen atoms in total. The van der Waals surface area contributed by atoms with Gasteiger partial charge in [-0.2, -0.15) is 5.26 Å². The minimum atomic E-state index is -0.497. The molecule has 1 aromatic heterocycles. The van der Waals surface area contributed by atoms with Crippen molar-refractivity contribution in [2.75, 3.05) is 0 Å². The van der Waals surface area contributed by atoms with E-state index in [1.165, 1.54) is 12.8 Å². The van der Waals surface area contributed by atoms with Crippen molar-refractivity contribution in [2.24, 2.45) is 5.92 Å². The number of pyridine rings is 1. The number of carbonyl (C=O) groups is 2.